The van der Waals surface area contributed by atoms with E-state index in [1.165, 1.54) is 12.1 Å². The monoisotopic (exact) mass is 355 g/mol. The van der Waals surface area contributed by atoms with Gasteiger partial charge in [-0.2, -0.15) is 5.26 Å². The molecule has 0 N–H and O–H groups in total. The van der Waals surface area contributed by atoms with Gasteiger partial charge in [0.1, 0.15) is 16.8 Å². The summed E-state index contributed by atoms with van der Waals surface area (Å²) < 4.78 is 37.7. The third-order valence-corrected chi connectivity index (χ3v) is 5.14. The van der Waals surface area contributed by atoms with Crippen molar-refractivity contribution >= 4 is 39.1 Å². The van der Waals surface area contributed by atoms with Crippen LogP contribution in [0.4, 0.5) is 4.39 Å². The molecule has 0 unspecified atom stereocenters. The molecule has 0 fully saturated rings. The molecule has 0 aromatic heterocycles. The molecule has 0 heterocycles. The lowest BCUT2D eigenvalue weighted by Crippen LogP contribution is -2.03. The maximum atomic E-state index is 12.9. The second-order valence-electron chi connectivity index (χ2n) is 4.21. The van der Waals surface area contributed by atoms with Gasteiger partial charge in [-0.05, 0) is 42.5 Å². The Labute approximate surface area is 137 Å². The lowest BCUT2D eigenvalue weighted by atomic mass is 10.2. The second kappa shape index (κ2) is 6.49. The molecular weight excluding hydrogens is 348 g/mol. The molecule has 112 valence electrons. The summed E-state index contributed by atoms with van der Waals surface area (Å²) in [6, 6.07) is 10.5. The Morgan fingerprint density at radius 3 is 2.14 bits per heavy atom. The van der Waals surface area contributed by atoms with Gasteiger partial charge in [0.25, 0.3) is 0 Å². The van der Waals surface area contributed by atoms with Crippen molar-refractivity contribution in [2.75, 3.05) is 0 Å². The Hall–Kier alpha value is -1.87. The molecule has 0 amide bonds. The van der Waals surface area contributed by atoms with Gasteiger partial charge in [-0.1, -0.05) is 29.3 Å². The first-order valence-electron chi connectivity index (χ1n) is 5.92. The summed E-state index contributed by atoms with van der Waals surface area (Å²) in [5, 5.41) is 9.60. The minimum absolute atomic E-state index is 0.190. The van der Waals surface area contributed by atoms with E-state index in [1.54, 1.807) is 12.1 Å². The van der Waals surface area contributed by atoms with E-state index in [-0.39, 0.29) is 20.5 Å². The molecule has 0 bridgehead atoms. The number of hydrogen-bond acceptors (Lipinski definition) is 3. The zero-order valence-corrected chi connectivity index (χ0v) is 13.3. The van der Waals surface area contributed by atoms with E-state index in [0.717, 1.165) is 30.3 Å². The molecule has 0 saturated carbocycles. The molecule has 0 aliphatic rings. The zero-order chi connectivity index (χ0) is 16.3. The van der Waals surface area contributed by atoms with Crippen molar-refractivity contribution in [2.45, 2.75) is 4.90 Å². The Morgan fingerprint density at radius 2 is 1.64 bits per heavy atom. The molecular formula is C15H8Cl2FNO2S. The van der Waals surface area contributed by atoms with Crippen LogP contribution in [-0.4, -0.2) is 8.42 Å². The number of rotatable bonds is 3. The lowest BCUT2D eigenvalue weighted by Gasteiger charge is -2.05. The highest BCUT2D eigenvalue weighted by Crippen LogP contribution is 2.29. The summed E-state index contributed by atoms with van der Waals surface area (Å²) in [4.78, 5) is -0.723. The summed E-state index contributed by atoms with van der Waals surface area (Å²) in [6.45, 7) is 0. The van der Waals surface area contributed by atoms with E-state index in [4.69, 9.17) is 28.5 Å². The Morgan fingerprint density at radius 1 is 1.09 bits per heavy atom. The van der Waals surface area contributed by atoms with Crippen LogP contribution < -0.4 is 0 Å². The molecule has 2 aromatic rings. The number of benzene rings is 2. The zero-order valence-electron chi connectivity index (χ0n) is 10.9. The molecule has 0 saturated heterocycles. The SMILES string of the molecule is N#CC(=Cc1c(Cl)cccc1Cl)S(=O)(=O)c1ccc(F)cc1. The van der Waals surface area contributed by atoms with Gasteiger partial charge in [0.2, 0.25) is 9.84 Å². The summed E-state index contributed by atoms with van der Waals surface area (Å²) in [5.74, 6) is -0.574. The molecule has 7 heteroatoms. The highest BCUT2D eigenvalue weighted by molar-refractivity contribution is 7.95. The largest absolute Gasteiger partial charge is 0.218 e. The van der Waals surface area contributed by atoms with Crippen molar-refractivity contribution in [3.63, 3.8) is 0 Å². The van der Waals surface area contributed by atoms with Crippen molar-refractivity contribution in [2.24, 2.45) is 0 Å². The van der Waals surface area contributed by atoms with Crippen LogP contribution in [0, 0.1) is 17.1 Å². The number of nitriles is 1. The van der Waals surface area contributed by atoms with Crippen LogP contribution in [0.5, 0.6) is 0 Å². The minimum Gasteiger partial charge on any atom is -0.218 e. The highest BCUT2D eigenvalue weighted by Gasteiger charge is 2.21. The Kier molecular flexibility index (Phi) is 4.87. The van der Waals surface area contributed by atoms with Crippen LogP contribution in [0.3, 0.4) is 0 Å². The average molecular weight is 356 g/mol. The first-order chi connectivity index (χ1) is 10.4. The van der Waals surface area contributed by atoms with E-state index in [2.05, 4.69) is 0 Å². The van der Waals surface area contributed by atoms with Gasteiger partial charge in [-0.3, -0.25) is 0 Å². The van der Waals surface area contributed by atoms with Crippen LogP contribution in [0.2, 0.25) is 10.0 Å². The predicted molar refractivity (Wildman–Crippen MR) is 83.6 cm³/mol. The Bertz CT molecular complexity index is 864. The van der Waals surface area contributed by atoms with Crippen molar-refractivity contribution in [3.05, 3.63) is 68.8 Å². The maximum absolute atomic E-state index is 12.9. The minimum atomic E-state index is -4.08. The fraction of sp³-hybridized carbons (Fsp3) is 0. The standard InChI is InChI=1S/C15H8Cl2FNO2S/c16-14-2-1-3-15(17)13(14)8-12(9-19)22(20,21)11-6-4-10(18)5-7-11/h1-8H. The van der Waals surface area contributed by atoms with Crippen molar-refractivity contribution < 1.29 is 12.8 Å². The third-order valence-electron chi connectivity index (χ3n) is 2.80. The number of allylic oxidation sites excluding steroid dienone is 1. The molecule has 0 spiro atoms. The fourth-order valence-corrected chi connectivity index (χ4v) is 3.34. The van der Waals surface area contributed by atoms with E-state index >= 15 is 0 Å². The summed E-state index contributed by atoms with van der Waals surface area (Å²) in [6.07, 6.45) is 1.10. The van der Waals surface area contributed by atoms with Crippen molar-refractivity contribution in [3.8, 4) is 6.07 Å². The maximum Gasteiger partial charge on any atom is 0.216 e. The Balaban J connectivity index is 2.59. The number of halogens is 3. The topological polar surface area (TPSA) is 57.9 Å². The van der Waals surface area contributed by atoms with Gasteiger partial charge in [-0.25, -0.2) is 12.8 Å². The van der Waals surface area contributed by atoms with Crippen LogP contribution in [0.1, 0.15) is 5.56 Å². The fourth-order valence-electron chi connectivity index (χ4n) is 1.69. The molecule has 0 atom stereocenters. The van der Waals surface area contributed by atoms with Gasteiger partial charge >= 0.3 is 0 Å². The molecule has 22 heavy (non-hydrogen) atoms. The summed E-state index contributed by atoms with van der Waals surface area (Å²) in [7, 11) is -4.08. The molecule has 2 aromatic carbocycles. The molecule has 3 nitrogen and oxygen atoms in total. The molecule has 0 aliphatic carbocycles. The van der Waals surface area contributed by atoms with Crippen LogP contribution in [0.15, 0.2) is 52.3 Å². The smallest absolute Gasteiger partial charge is 0.216 e. The number of hydrogen-bond donors (Lipinski definition) is 0. The predicted octanol–water partition coefficient (Wildman–Crippen LogP) is 4.47. The van der Waals surface area contributed by atoms with Gasteiger partial charge in [0.15, 0.2) is 0 Å². The number of sulfone groups is 1. The van der Waals surface area contributed by atoms with E-state index in [1.807, 2.05) is 0 Å². The van der Waals surface area contributed by atoms with Gasteiger partial charge in [0, 0.05) is 15.6 Å². The van der Waals surface area contributed by atoms with Gasteiger partial charge in [-0.15, -0.1) is 0 Å². The highest BCUT2D eigenvalue weighted by atomic mass is 35.5. The second-order valence-corrected chi connectivity index (χ2v) is 6.95. The molecule has 0 aliphatic heterocycles. The van der Waals surface area contributed by atoms with Crippen LogP contribution in [-0.2, 0) is 9.84 Å². The average Bonchev–Trinajstić information content (AvgIpc) is 2.47. The molecule has 0 radical (unpaired) electrons. The van der Waals surface area contributed by atoms with Gasteiger partial charge in [0.05, 0.1) is 4.90 Å². The number of nitrogens with zero attached hydrogens (tertiary/aromatic N) is 1. The van der Waals surface area contributed by atoms with E-state index in [9.17, 15) is 12.8 Å². The first kappa shape index (κ1) is 16.5. The van der Waals surface area contributed by atoms with Crippen LogP contribution >= 0.6 is 23.2 Å². The third kappa shape index (κ3) is 3.30. The van der Waals surface area contributed by atoms with Gasteiger partial charge < -0.3 is 0 Å². The first-order valence-corrected chi connectivity index (χ1v) is 8.16. The summed E-state index contributed by atoms with van der Waals surface area (Å²) in [5.41, 5.74) is 0.230. The van der Waals surface area contributed by atoms with Crippen molar-refractivity contribution in [1.29, 1.82) is 5.26 Å². The van der Waals surface area contributed by atoms with Crippen molar-refractivity contribution in [1.82, 2.24) is 0 Å². The normalized spacial score (nSPS) is 12.0. The van der Waals surface area contributed by atoms with E-state index < -0.39 is 20.6 Å². The van der Waals surface area contributed by atoms with Crippen LogP contribution in [0.25, 0.3) is 6.08 Å². The molecule has 2 rings (SSSR count). The van der Waals surface area contributed by atoms with E-state index in [0.29, 0.717) is 0 Å². The lowest BCUT2D eigenvalue weighted by molar-refractivity contribution is 0.601. The quantitative estimate of drug-likeness (QED) is 0.602. The summed E-state index contributed by atoms with van der Waals surface area (Å²) >= 11 is 11.9.